The number of methoxy groups -OCH3 is 2. The van der Waals surface area contributed by atoms with E-state index in [1.54, 1.807) is 26.4 Å². The number of ether oxygens (including phenoxy) is 2. The maximum Gasteiger partial charge on any atom is 0.491 e. The summed E-state index contributed by atoms with van der Waals surface area (Å²) in [4.78, 5) is 0. The zero-order valence-electron chi connectivity index (χ0n) is 13.0. The molecule has 0 aliphatic rings. The molecule has 0 radical (unpaired) electrons. The van der Waals surface area contributed by atoms with Crippen LogP contribution in [0.15, 0.2) is 36.4 Å². The molecule has 2 rings (SSSR count). The van der Waals surface area contributed by atoms with Gasteiger partial charge in [0.05, 0.1) is 14.2 Å². The van der Waals surface area contributed by atoms with Crippen molar-refractivity contribution in [3.8, 4) is 11.5 Å². The Morgan fingerprint density at radius 2 is 1.83 bits per heavy atom. The van der Waals surface area contributed by atoms with E-state index in [-0.39, 0.29) is 5.46 Å². The second-order valence-corrected chi connectivity index (χ2v) is 5.01. The van der Waals surface area contributed by atoms with Crippen LogP contribution in [0, 0.1) is 5.82 Å². The van der Waals surface area contributed by atoms with Gasteiger partial charge >= 0.3 is 7.12 Å². The molecular weight excluding hydrogens is 300 g/mol. The fourth-order valence-electron chi connectivity index (χ4n) is 2.24. The quantitative estimate of drug-likeness (QED) is 0.659. The summed E-state index contributed by atoms with van der Waals surface area (Å²) < 4.78 is 23.9. The number of rotatable bonds is 7. The minimum absolute atomic E-state index is 0.133. The van der Waals surface area contributed by atoms with E-state index >= 15 is 0 Å². The lowest BCUT2D eigenvalue weighted by atomic mass is 9.79. The van der Waals surface area contributed by atoms with Crippen molar-refractivity contribution >= 4 is 12.6 Å². The minimum atomic E-state index is -1.82. The zero-order valence-corrected chi connectivity index (χ0v) is 13.0. The molecule has 0 saturated carbocycles. The van der Waals surface area contributed by atoms with Gasteiger partial charge in [0.2, 0.25) is 0 Å². The molecular formula is C16H19BFNO4. The Morgan fingerprint density at radius 1 is 1.04 bits per heavy atom. The van der Waals surface area contributed by atoms with Gasteiger partial charge < -0.3 is 24.8 Å². The number of halogens is 1. The highest BCUT2D eigenvalue weighted by molar-refractivity contribution is 6.58. The van der Waals surface area contributed by atoms with Gasteiger partial charge in [0.25, 0.3) is 0 Å². The normalized spacial score (nSPS) is 10.5. The third-order valence-corrected chi connectivity index (χ3v) is 3.48. The molecule has 0 aliphatic carbocycles. The van der Waals surface area contributed by atoms with Crippen LogP contribution in [-0.4, -0.2) is 31.4 Å². The van der Waals surface area contributed by atoms with Crippen molar-refractivity contribution in [2.45, 2.75) is 13.1 Å². The number of benzene rings is 2. The molecule has 0 heterocycles. The van der Waals surface area contributed by atoms with Gasteiger partial charge in [-0.05, 0) is 17.7 Å². The summed E-state index contributed by atoms with van der Waals surface area (Å²) in [6, 6.07) is 9.79. The molecule has 5 nitrogen and oxygen atoms in total. The Balaban J connectivity index is 2.01. The summed E-state index contributed by atoms with van der Waals surface area (Å²) in [5.74, 6) is 0.786. The van der Waals surface area contributed by atoms with Crippen LogP contribution < -0.4 is 20.3 Å². The van der Waals surface area contributed by atoms with Gasteiger partial charge in [0.1, 0.15) is 17.3 Å². The topological polar surface area (TPSA) is 71.0 Å². The van der Waals surface area contributed by atoms with E-state index in [9.17, 15) is 4.39 Å². The number of nitrogens with one attached hydrogen (secondary N) is 1. The van der Waals surface area contributed by atoms with Crippen LogP contribution in [0.1, 0.15) is 11.1 Å². The molecule has 0 aromatic heterocycles. The third kappa shape index (κ3) is 4.45. The predicted octanol–water partition coefficient (Wildman–Crippen LogP) is 0.812. The highest BCUT2D eigenvalue weighted by atomic mass is 19.1. The van der Waals surface area contributed by atoms with Crippen molar-refractivity contribution in [3.63, 3.8) is 0 Å². The van der Waals surface area contributed by atoms with Crippen molar-refractivity contribution in [2.24, 2.45) is 0 Å². The summed E-state index contributed by atoms with van der Waals surface area (Å²) in [5, 5.41) is 21.4. The van der Waals surface area contributed by atoms with E-state index in [4.69, 9.17) is 19.5 Å². The average molecular weight is 319 g/mol. The van der Waals surface area contributed by atoms with Crippen LogP contribution in [0.5, 0.6) is 11.5 Å². The van der Waals surface area contributed by atoms with Crippen molar-refractivity contribution in [2.75, 3.05) is 14.2 Å². The SMILES string of the molecule is COc1ccc(CNCc2ccc(F)c(B(O)O)c2)c(OC)c1. The van der Waals surface area contributed by atoms with Gasteiger partial charge in [-0.2, -0.15) is 0 Å². The average Bonchev–Trinajstić information content (AvgIpc) is 2.56. The number of hydrogen-bond acceptors (Lipinski definition) is 5. The second kappa shape index (κ2) is 7.96. The van der Waals surface area contributed by atoms with Gasteiger partial charge in [-0.3, -0.25) is 0 Å². The van der Waals surface area contributed by atoms with E-state index in [1.165, 1.54) is 12.1 Å². The molecule has 7 heteroatoms. The smallest absolute Gasteiger partial charge is 0.491 e. The molecule has 0 amide bonds. The molecule has 0 saturated heterocycles. The lowest BCUT2D eigenvalue weighted by Crippen LogP contribution is -2.33. The highest BCUT2D eigenvalue weighted by Gasteiger charge is 2.16. The molecule has 23 heavy (non-hydrogen) atoms. The van der Waals surface area contributed by atoms with Crippen LogP contribution >= 0.6 is 0 Å². The predicted molar refractivity (Wildman–Crippen MR) is 86.3 cm³/mol. The Hall–Kier alpha value is -2.09. The standard InChI is InChI=1S/C16H19BFNO4/c1-22-13-5-4-12(16(8-13)23-2)10-19-9-11-3-6-15(18)14(7-11)17(20)21/h3-8,19-21H,9-10H2,1-2H3. The van der Waals surface area contributed by atoms with Crippen LogP contribution in [0.3, 0.4) is 0 Å². The van der Waals surface area contributed by atoms with Crippen LogP contribution in [0.4, 0.5) is 4.39 Å². The largest absolute Gasteiger partial charge is 0.497 e. The summed E-state index contributed by atoms with van der Waals surface area (Å²) in [7, 11) is 1.36. The van der Waals surface area contributed by atoms with E-state index in [0.717, 1.165) is 11.1 Å². The van der Waals surface area contributed by atoms with Crippen molar-refractivity contribution in [1.82, 2.24) is 5.32 Å². The van der Waals surface area contributed by atoms with Crippen LogP contribution in [0.25, 0.3) is 0 Å². The summed E-state index contributed by atoms with van der Waals surface area (Å²) in [6.07, 6.45) is 0. The van der Waals surface area contributed by atoms with Gasteiger partial charge in [0.15, 0.2) is 0 Å². The molecule has 0 aliphatic heterocycles. The zero-order chi connectivity index (χ0) is 16.8. The molecule has 2 aromatic rings. The van der Waals surface area contributed by atoms with E-state index in [0.29, 0.717) is 24.6 Å². The Bertz CT molecular complexity index is 667. The first-order chi connectivity index (χ1) is 11.0. The third-order valence-electron chi connectivity index (χ3n) is 3.48. The number of hydrogen-bond donors (Lipinski definition) is 3. The Kier molecular flexibility index (Phi) is 5.98. The van der Waals surface area contributed by atoms with Crippen LogP contribution in [-0.2, 0) is 13.1 Å². The van der Waals surface area contributed by atoms with E-state index in [2.05, 4.69) is 5.32 Å². The van der Waals surface area contributed by atoms with E-state index in [1.807, 2.05) is 12.1 Å². The summed E-state index contributed by atoms with van der Waals surface area (Å²) in [5.41, 5.74) is 1.58. The van der Waals surface area contributed by atoms with Crippen molar-refractivity contribution in [3.05, 3.63) is 53.3 Å². The van der Waals surface area contributed by atoms with Gasteiger partial charge in [-0.25, -0.2) is 4.39 Å². The van der Waals surface area contributed by atoms with Crippen molar-refractivity contribution < 1.29 is 23.9 Å². The maximum atomic E-state index is 13.4. The van der Waals surface area contributed by atoms with Gasteiger partial charge in [-0.15, -0.1) is 0 Å². The summed E-state index contributed by atoms with van der Waals surface area (Å²) in [6.45, 7) is 0.997. The maximum absolute atomic E-state index is 13.4. The van der Waals surface area contributed by atoms with E-state index < -0.39 is 12.9 Å². The molecule has 0 bridgehead atoms. The molecule has 3 N–H and O–H groups in total. The molecule has 0 fully saturated rings. The fourth-order valence-corrected chi connectivity index (χ4v) is 2.24. The molecule has 2 aromatic carbocycles. The molecule has 0 atom stereocenters. The molecule has 122 valence electrons. The first-order valence-corrected chi connectivity index (χ1v) is 7.11. The lowest BCUT2D eigenvalue weighted by Gasteiger charge is -2.12. The Morgan fingerprint density at radius 3 is 2.48 bits per heavy atom. The first-order valence-electron chi connectivity index (χ1n) is 7.11. The van der Waals surface area contributed by atoms with Gasteiger partial charge in [0, 0.05) is 30.2 Å². The monoisotopic (exact) mass is 319 g/mol. The van der Waals surface area contributed by atoms with Crippen LogP contribution in [0.2, 0.25) is 0 Å². The fraction of sp³-hybridized carbons (Fsp3) is 0.250. The Labute approximate surface area is 134 Å². The minimum Gasteiger partial charge on any atom is -0.497 e. The lowest BCUT2D eigenvalue weighted by molar-refractivity contribution is 0.390. The molecule has 0 spiro atoms. The van der Waals surface area contributed by atoms with Crippen molar-refractivity contribution in [1.29, 1.82) is 0 Å². The first kappa shape index (κ1) is 17.3. The highest BCUT2D eigenvalue weighted by Crippen LogP contribution is 2.24. The summed E-state index contributed by atoms with van der Waals surface area (Å²) >= 11 is 0. The van der Waals surface area contributed by atoms with Gasteiger partial charge in [-0.1, -0.05) is 18.2 Å². The molecule has 0 unspecified atom stereocenters. The second-order valence-electron chi connectivity index (χ2n) is 5.01.